The number of hydrogen-bond donors (Lipinski definition) is 2. The second kappa shape index (κ2) is 6.60. The Bertz CT molecular complexity index is 625. The van der Waals surface area contributed by atoms with Gasteiger partial charge in [-0.2, -0.15) is 0 Å². The fourth-order valence-corrected chi connectivity index (χ4v) is 1.84. The molecule has 0 aliphatic heterocycles. The number of aromatic nitrogens is 2. The molecular weight excluding hydrogens is 258 g/mol. The van der Waals surface area contributed by atoms with Crippen molar-refractivity contribution in [3.63, 3.8) is 0 Å². The average molecular weight is 275 g/mol. The van der Waals surface area contributed by atoms with Gasteiger partial charge in [-0.25, -0.2) is 4.98 Å². The Hall–Kier alpha value is -2.50. The summed E-state index contributed by atoms with van der Waals surface area (Å²) in [6.45, 7) is 0.673. The van der Waals surface area contributed by atoms with Crippen LogP contribution in [-0.4, -0.2) is 30.7 Å². The van der Waals surface area contributed by atoms with E-state index in [9.17, 15) is 4.79 Å². The van der Waals surface area contributed by atoms with E-state index in [1.807, 2.05) is 18.2 Å². The topological polar surface area (TPSA) is 76.2 Å². The molecule has 0 saturated carbocycles. The van der Waals surface area contributed by atoms with Gasteiger partial charge >= 0.3 is 0 Å². The maximum Gasteiger partial charge on any atom is 0.252 e. The summed E-state index contributed by atoms with van der Waals surface area (Å²) in [5.74, 6) is 1.98. The van der Waals surface area contributed by atoms with Crippen LogP contribution >= 0.6 is 0 Å². The zero-order chi connectivity index (χ0) is 14.4. The van der Waals surface area contributed by atoms with E-state index in [4.69, 9.17) is 9.47 Å². The van der Waals surface area contributed by atoms with Crippen molar-refractivity contribution in [1.29, 1.82) is 0 Å². The molecule has 1 aromatic heterocycles. The highest BCUT2D eigenvalue weighted by Crippen LogP contribution is 2.27. The molecule has 106 valence electrons. The Morgan fingerprint density at radius 2 is 2.00 bits per heavy atom. The third kappa shape index (κ3) is 3.50. The molecule has 6 heteroatoms. The van der Waals surface area contributed by atoms with Crippen molar-refractivity contribution in [1.82, 2.24) is 9.97 Å². The standard InChI is InChI=1S/C14H17N3O3/c1-19-11-4-3-10(7-12(11)20-2)5-6-15-13-8-14(18)17-9-16-13/h3-4,7-9H,5-6H2,1-2H3,(H2,15,16,17,18). The molecule has 0 bridgehead atoms. The van der Waals surface area contributed by atoms with Crippen LogP contribution in [0, 0.1) is 0 Å². The Morgan fingerprint density at radius 3 is 2.70 bits per heavy atom. The molecule has 0 aliphatic rings. The molecule has 1 heterocycles. The molecule has 6 nitrogen and oxygen atoms in total. The molecule has 2 N–H and O–H groups in total. The molecule has 2 rings (SSSR count). The van der Waals surface area contributed by atoms with Gasteiger partial charge in [-0.3, -0.25) is 4.79 Å². The highest BCUT2D eigenvalue weighted by molar-refractivity contribution is 5.43. The summed E-state index contributed by atoms with van der Waals surface area (Å²) in [5, 5.41) is 3.10. The van der Waals surface area contributed by atoms with E-state index in [0.29, 0.717) is 23.9 Å². The lowest BCUT2D eigenvalue weighted by molar-refractivity contribution is 0.354. The molecule has 0 saturated heterocycles. The van der Waals surface area contributed by atoms with Gasteiger partial charge in [0.2, 0.25) is 0 Å². The Balaban J connectivity index is 1.95. The molecule has 0 aliphatic carbocycles. The van der Waals surface area contributed by atoms with Crippen LogP contribution in [0.5, 0.6) is 11.5 Å². The van der Waals surface area contributed by atoms with E-state index in [0.717, 1.165) is 12.0 Å². The van der Waals surface area contributed by atoms with Gasteiger partial charge in [-0.1, -0.05) is 6.07 Å². The molecule has 0 amide bonds. The predicted octanol–water partition coefficient (Wildman–Crippen LogP) is 1.44. The van der Waals surface area contributed by atoms with Crippen LogP contribution in [0.1, 0.15) is 5.56 Å². The number of hydrogen-bond acceptors (Lipinski definition) is 5. The van der Waals surface area contributed by atoms with Gasteiger partial charge in [0.25, 0.3) is 5.56 Å². The smallest absolute Gasteiger partial charge is 0.252 e. The summed E-state index contributed by atoms with van der Waals surface area (Å²) in [6, 6.07) is 7.22. The van der Waals surface area contributed by atoms with Crippen molar-refractivity contribution in [2.75, 3.05) is 26.1 Å². The summed E-state index contributed by atoms with van der Waals surface area (Å²) >= 11 is 0. The van der Waals surface area contributed by atoms with E-state index in [1.54, 1.807) is 14.2 Å². The van der Waals surface area contributed by atoms with Crippen molar-refractivity contribution < 1.29 is 9.47 Å². The molecular formula is C14H17N3O3. The number of anilines is 1. The normalized spacial score (nSPS) is 10.1. The fraction of sp³-hybridized carbons (Fsp3) is 0.286. The summed E-state index contributed by atoms with van der Waals surface area (Å²) in [4.78, 5) is 17.6. The number of methoxy groups -OCH3 is 2. The van der Waals surface area contributed by atoms with E-state index >= 15 is 0 Å². The summed E-state index contributed by atoms with van der Waals surface area (Å²) in [5.41, 5.74) is 0.939. The van der Waals surface area contributed by atoms with Gasteiger partial charge in [-0.15, -0.1) is 0 Å². The van der Waals surface area contributed by atoms with Gasteiger partial charge in [0, 0.05) is 12.6 Å². The molecule has 0 spiro atoms. The maximum atomic E-state index is 11.1. The average Bonchev–Trinajstić information content (AvgIpc) is 2.47. The molecule has 1 aromatic carbocycles. The van der Waals surface area contributed by atoms with Gasteiger partial charge in [-0.05, 0) is 24.1 Å². The monoisotopic (exact) mass is 275 g/mol. The minimum atomic E-state index is -0.173. The number of aromatic amines is 1. The highest BCUT2D eigenvalue weighted by atomic mass is 16.5. The van der Waals surface area contributed by atoms with E-state index < -0.39 is 0 Å². The lowest BCUT2D eigenvalue weighted by Gasteiger charge is -2.10. The second-order valence-electron chi connectivity index (χ2n) is 4.16. The number of ether oxygens (including phenoxy) is 2. The second-order valence-corrected chi connectivity index (χ2v) is 4.16. The summed E-state index contributed by atoms with van der Waals surface area (Å²) in [7, 11) is 3.22. The Morgan fingerprint density at radius 1 is 1.20 bits per heavy atom. The molecule has 0 fully saturated rings. The van der Waals surface area contributed by atoms with Crippen molar-refractivity contribution in [2.24, 2.45) is 0 Å². The van der Waals surface area contributed by atoms with E-state index in [1.165, 1.54) is 12.4 Å². The first-order valence-corrected chi connectivity index (χ1v) is 6.22. The van der Waals surface area contributed by atoms with Crippen LogP contribution < -0.4 is 20.3 Å². The van der Waals surface area contributed by atoms with Crippen LogP contribution in [0.2, 0.25) is 0 Å². The molecule has 0 atom stereocenters. The minimum absolute atomic E-state index is 0.173. The van der Waals surface area contributed by atoms with E-state index in [-0.39, 0.29) is 5.56 Å². The number of benzene rings is 1. The molecule has 2 aromatic rings. The zero-order valence-electron chi connectivity index (χ0n) is 11.5. The number of nitrogens with zero attached hydrogens (tertiary/aromatic N) is 1. The minimum Gasteiger partial charge on any atom is -0.493 e. The summed E-state index contributed by atoms with van der Waals surface area (Å²) in [6.07, 6.45) is 2.16. The van der Waals surface area contributed by atoms with Crippen molar-refractivity contribution in [3.05, 3.63) is 46.5 Å². The third-order valence-electron chi connectivity index (χ3n) is 2.85. The van der Waals surface area contributed by atoms with Crippen molar-refractivity contribution >= 4 is 5.82 Å². The van der Waals surface area contributed by atoms with Crippen LogP contribution in [0.15, 0.2) is 35.4 Å². The third-order valence-corrected chi connectivity index (χ3v) is 2.85. The van der Waals surface area contributed by atoms with Gasteiger partial charge in [0.15, 0.2) is 11.5 Å². The number of nitrogens with one attached hydrogen (secondary N) is 2. The first-order valence-electron chi connectivity index (χ1n) is 6.22. The SMILES string of the molecule is COc1ccc(CCNc2cc(=O)[nH]cn2)cc1OC. The lowest BCUT2D eigenvalue weighted by Crippen LogP contribution is -2.11. The largest absolute Gasteiger partial charge is 0.493 e. The molecule has 0 radical (unpaired) electrons. The summed E-state index contributed by atoms with van der Waals surface area (Å²) < 4.78 is 10.4. The zero-order valence-corrected chi connectivity index (χ0v) is 11.5. The van der Waals surface area contributed by atoms with Gasteiger partial charge in [0.05, 0.1) is 20.5 Å². The van der Waals surface area contributed by atoms with Gasteiger partial charge < -0.3 is 19.8 Å². The van der Waals surface area contributed by atoms with Crippen LogP contribution in [0.4, 0.5) is 5.82 Å². The Labute approximate surface area is 116 Å². The fourth-order valence-electron chi connectivity index (χ4n) is 1.84. The molecule has 0 unspecified atom stereocenters. The van der Waals surface area contributed by atoms with E-state index in [2.05, 4.69) is 15.3 Å². The lowest BCUT2D eigenvalue weighted by atomic mass is 10.1. The van der Waals surface area contributed by atoms with Crippen LogP contribution in [0.3, 0.4) is 0 Å². The predicted molar refractivity (Wildman–Crippen MR) is 76.6 cm³/mol. The maximum absolute atomic E-state index is 11.1. The van der Waals surface area contributed by atoms with Gasteiger partial charge in [0.1, 0.15) is 5.82 Å². The number of H-pyrrole nitrogens is 1. The highest BCUT2D eigenvalue weighted by Gasteiger charge is 2.04. The molecule has 20 heavy (non-hydrogen) atoms. The van der Waals surface area contributed by atoms with Crippen molar-refractivity contribution in [2.45, 2.75) is 6.42 Å². The quantitative estimate of drug-likeness (QED) is 0.834. The Kier molecular flexibility index (Phi) is 4.60. The first-order chi connectivity index (χ1) is 9.72. The number of rotatable bonds is 6. The van der Waals surface area contributed by atoms with Crippen LogP contribution in [-0.2, 0) is 6.42 Å². The van der Waals surface area contributed by atoms with Crippen LogP contribution in [0.25, 0.3) is 0 Å². The van der Waals surface area contributed by atoms with Crippen molar-refractivity contribution in [3.8, 4) is 11.5 Å². The first kappa shape index (κ1) is 13.9.